The van der Waals surface area contributed by atoms with Crippen molar-refractivity contribution in [1.29, 1.82) is 0 Å². The Morgan fingerprint density at radius 1 is 1.50 bits per heavy atom. The molecule has 1 aliphatic carbocycles. The summed E-state index contributed by atoms with van der Waals surface area (Å²) in [5.41, 5.74) is 2.48. The maximum atomic E-state index is 11.7. The Morgan fingerprint density at radius 2 is 2.28 bits per heavy atom. The lowest BCUT2D eigenvalue weighted by molar-refractivity contribution is -0.120. The maximum absolute atomic E-state index is 11.7. The first kappa shape index (κ1) is 11.3. The third-order valence-electron chi connectivity index (χ3n) is 3.10. The van der Waals surface area contributed by atoms with Crippen LogP contribution in [0, 0.1) is 12.8 Å². The van der Waals surface area contributed by atoms with Gasteiger partial charge < -0.3 is 5.32 Å². The summed E-state index contributed by atoms with van der Waals surface area (Å²) in [6.07, 6.45) is 3.85. The summed E-state index contributed by atoms with van der Waals surface area (Å²) in [4.78, 5) is 16.6. The standard InChI is InChI=1S/C13H13N3OS/c1-8-11(13(18)15-12(17)9-5-6-9)16-7-3-2-4-10(16)14-8/h2-4,7,9H,5-6H2,1H3,(H,15,17,18). The van der Waals surface area contributed by atoms with E-state index in [1.807, 2.05) is 35.7 Å². The number of pyridine rings is 1. The highest BCUT2D eigenvalue weighted by atomic mass is 32.1. The number of nitrogens with one attached hydrogen (secondary N) is 1. The Kier molecular flexibility index (Phi) is 2.63. The van der Waals surface area contributed by atoms with Crippen molar-refractivity contribution in [1.82, 2.24) is 14.7 Å². The zero-order valence-electron chi connectivity index (χ0n) is 10.0. The zero-order valence-corrected chi connectivity index (χ0v) is 10.8. The number of amides is 1. The van der Waals surface area contributed by atoms with Crippen LogP contribution in [-0.4, -0.2) is 20.3 Å². The van der Waals surface area contributed by atoms with Gasteiger partial charge in [0.25, 0.3) is 0 Å². The van der Waals surface area contributed by atoms with Gasteiger partial charge in [-0.25, -0.2) is 4.98 Å². The number of imidazole rings is 1. The minimum Gasteiger partial charge on any atom is -0.315 e. The van der Waals surface area contributed by atoms with E-state index in [0.717, 1.165) is 29.9 Å². The van der Waals surface area contributed by atoms with Gasteiger partial charge >= 0.3 is 0 Å². The number of rotatable bonds is 2. The van der Waals surface area contributed by atoms with Crippen molar-refractivity contribution < 1.29 is 4.79 Å². The van der Waals surface area contributed by atoms with Gasteiger partial charge in [-0.3, -0.25) is 9.20 Å². The first-order valence-corrected chi connectivity index (χ1v) is 6.36. The van der Waals surface area contributed by atoms with Crippen LogP contribution in [0.4, 0.5) is 0 Å². The molecule has 5 heteroatoms. The van der Waals surface area contributed by atoms with Gasteiger partial charge in [0.2, 0.25) is 5.91 Å². The third-order valence-corrected chi connectivity index (χ3v) is 3.40. The molecule has 0 saturated heterocycles. The van der Waals surface area contributed by atoms with E-state index in [2.05, 4.69) is 10.3 Å². The Hall–Kier alpha value is -1.75. The van der Waals surface area contributed by atoms with Crippen LogP contribution in [0.3, 0.4) is 0 Å². The summed E-state index contributed by atoms with van der Waals surface area (Å²) in [6.45, 7) is 1.90. The lowest BCUT2D eigenvalue weighted by atomic mass is 10.3. The summed E-state index contributed by atoms with van der Waals surface area (Å²) in [5.74, 6) is 0.188. The summed E-state index contributed by atoms with van der Waals surface area (Å²) < 4.78 is 1.91. The van der Waals surface area contributed by atoms with Crippen LogP contribution >= 0.6 is 12.2 Å². The number of aromatic nitrogens is 2. The highest BCUT2D eigenvalue weighted by molar-refractivity contribution is 7.80. The predicted octanol–water partition coefficient (Wildman–Crippen LogP) is 1.84. The van der Waals surface area contributed by atoms with Gasteiger partial charge in [-0.15, -0.1) is 0 Å². The van der Waals surface area contributed by atoms with E-state index in [0.29, 0.717) is 4.99 Å². The Bertz CT molecular complexity index is 643. The van der Waals surface area contributed by atoms with Gasteiger partial charge in [0, 0.05) is 12.1 Å². The average Bonchev–Trinajstić information content (AvgIpc) is 3.11. The number of carbonyl (C=O) groups is 1. The van der Waals surface area contributed by atoms with Gasteiger partial charge in [0.15, 0.2) is 0 Å². The molecule has 1 amide bonds. The van der Waals surface area contributed by atoms with Crippen LogP contribution in [-0.2, 0) is 4.79 Å². The lowest BCUT2D eigenvalue weighted by Gasteiger charge is -2.06. The SMILES string of the molecule is Cc1nc2ccccn2c1C(=S)NC(=O)C1CC1. The normalized spacial score (nSPS) is 14.7. The second-order valence-corrected chi connectivity index (χ2v) is 4.98. The molecule has 0 spiro atoms. The molecule has 92 valence electrons. The fourth-order valence-electron chi connectivity index (χ4n) is 2.01. The monoisotopic (exact) mass is 259 g/mol. The molecule has 1 N–H and O–H groups in total. The van der Waals surface area contributed by atoms with Crippen molar-refractivity contribution in [2.45, 2.75) is 19.8 Å². The molecule has 0 aromatic carbocycles. The molecule has 2 aromatic rings. The van der Waals surface area contributed by atoms with Crippen molar-refractivity contribution in [3.63, 3.8) is 0 Å². The fourth-order valence-corrected chi connectivity index (χ4v) is 2.35. The summed E-state index contributed by atoms with van der Waals surface area (Å²) >= 11 is 5.32. The maximum Gasteiger partial charge on any atom is 0.228 e. The Labute approximate surface area is 110 Å². The number of hydrogen-bond donors (Lipinski definition) is 1. The molecule has 4 nitrogen and oxygen atoms in total. The molecule has 0 atom stereocenters. The van der Waals surface area contributed by atoms with E-state index >= 15 is 0 Å². The van der Waals surface area contributed by atoms with Crippen molar-refractivity contribution in [2.24, 2.45) is 5.92 Å². The number of hydrogen-bond acceptors (Lipinski definition) is 3. The topological polar surface area (TPSA) is 46.4 Å². The average molecular weight is 259 g/mol. The van der Waals surface area contributed by atoms with E-state index in [1.165, 1.54) is 0 Å². The first-order chi connectivity index (χ1) is 8.66. The van der Waals surface area contributed by atoms with Crippen molar-refractivity contribution in [3.8, 4) is 0 Å². The summed E-state index contributed by atoms with van der Waals surface area (Å²) in [6, 6.07) is 5.77. The zero-order chi connectivity index (χ0) is 12.7. The summed E-state index contributed by atoms with van der Waals surface area (Å²) in [5, 5.41) is 2.81. The number of nitrogens with zero attached hydrogens (tertiary/aromatic N) is 2. The van der Waals surface area contributed by atoms with Gasteiger partial charge in [0.1, 0.15) is 16.3 Å². The quantitative estimate of drug-likeness (QED) is 0.837. The molecule has 1 fully saturated rings. The van der Waals surface area contributed by atoms with Gasteiger partial charge in [-0.05, 0) is 31.9 Å². The smallest absolute Gasteiger partial charge is 0.228 e. The minimum atomic E-state index is 0.0327. The van der Waals surface area contributed by atoms with E-state index in [9.17, 15) is 4.79 Å². The third kappa shape index (κ3) is 1.90. The molecule has 0 bridgehead atoms. The molecule has 2 heterocycles. The van der Waals surface area contributed by atoms with E-state index in [-0.39, 0.29) is 11.8 Å². The minimum absolute atomic E-state index is 0.0327. The molecule has 1 aliphatic rings. The van der Waals surface area contributed by atoms with Crippen molar-refractivity contribution in [3.05, 3.63) is 35.8 Å². The molecule has 18 heavy (non-hydrogen) atoms. The predicted molar refractivity (Wildman–Crippen MR) is 72.5 cm³/mol. The number of carbonyl (C=O) groups excluding carboxylic acids is 1. The molecular formula is C13H13N3OS. The Morgan fingerprint density at radius 3 is 3.00 bits per heavy atom. The molecule has 2 aromatic heterocycles. The molecule has 3 rings (SSSR count). The molecular weight excluding hydrogens is 246 g/mol. The molecule has 0 unspecified atom stereocenters. The van der Waals surface area contributed by atoms with Crippen LogP contribution in [0.25, 0.3) is 5.65 Å². The van der Waals surface area contributed by atoms with Gasteiger partial charge in [-0.1, -0.05) is 18.3 Å². The highest BCUT2D eigenvalue weighted by Gasteiger charge is 2.30. The van der Waals surface area contributed by atoms with Crippen LogP contribution in [0.15, 0.2) is 24.4 Å². The molecule has 0 aliphatic heterocycles. The van der Waals surface area contributed by atoms with Gasteiger partial charge in [0.05, 0.1) is 5.69 Å². The Balaban J connectivity index is 1.95. The van der Waals surface area contributed by atoms with Crippen LogP contribution in [0.5, 0.6) is 0 Å². The van der Waals surface area contributed by atoms with Crippen LogP contribution < -0.4 is 5.32 Å². The fraction of sp³-hybridized carbons (Fsp3) is 0.308. The second-order valence-electron chi connectivity index (χ2n) is 4.57. The van der Waals surface area contributed by atoms with Gasteiger partial charge in [-0.2, -0.15) is 0 Å². The second kappa shape index (κ2) is 4.17. The van der Waals surface area contributed by atoms with E-state index in [4.69, 9.17) is 12.2 Å². The first-order valence-electron chi connectivity index (χ1n) is 5.95. The molecule has 0 radical (unpaired) electrons. The van der Waals surface area contributed by atoms with Crippen molar-refractivity contribution >= 4 is 28.8 Å². The number of thiocarbonyl (C=S) groups is 1. The highest BCUT2D eigenvalue weighted by Crippen LogP contribution is 2.29. The lowest BCUT2D eigenvalue weighted by Crippen LogP contribution is -2.32. The van der Waals surface area contributed by atoms with E-state index in [1.54, 1.807) is 0 Å². The summed E-state index contributed by atoms with van der Waals surface area (Å²) in [7, 11) is 0. The van der Waals surface area contributed by atoms with Crippen LogP contribution in [0.2, 0.25) is 0 Å². The van der Waals surface area contributed by atoms with Crippen LogP contribution in [0.1, 0.15) is 24.2 Å². The number of fused-ring (bicyclic) bond motifs is 1. The largest absolute Gasteiger partial charge is 0.315 e. The molecule has 1 saturated carbocycles. The van der Waals surface area contributed by atoms with E-state index < -0.39 is 0 Å². The van der Waals surface area contributed by atoms with Crippen molar-refractivity contribution in [2.75, 3.05) is 0 Å². The number of aryl methyl sites for hydroxylation is 1.